The highest BCUT2D eigenvalue weighted by Gasteiger charge is 2.29. The molecule has 100 valence electrons. The van der Waals surface area contributed by atoms with Crippen LogP contribution in [0.4, 0.5) is 4.79 Å². The van der Waals surface area contributed by atoms with Crippen LogP contribution in [0.3, 0.4) is 0 Å². The van der Waals surface area contributed by atoms with Gasteiger partial charge in [-0.05, 0) is 59.2 Å². The first-order valence-corrected chi connectivity index (χ1v) is 6.36. The van der Waals surface area contributed by atoms with Crippen molar-refractivity contribution < 1.29 is 9.53 Å². The lowest BCUT2D eigenvalue weighted by Gasteiger charge is -2.38. The van der Waals surface area contributed by atoms with E-state index in [-0.39, 0.29) is 11.5 Å². The van der Waals surface area contributed by atoms with Gasteiger partial charge in [-0.2, -0.15) is 0 Å². The summed E-state index contributed by atoms with van der Waals surface area (Å²) in [7, 11) is 2.14. The fourth-order valence-electron chi connectivity index (χ4n) is 1.93. The maximum atomic E-state index is 11.6. The maximum absolute atomic E-state index is 11.6. The lowest BCUT2D eigenvalue weighted by atomic mass is 9.80. The van der Waals surface area contributed by atoms with Gasteiger partial charge in [0, 0.05) is 6.54 Å². The van der Waals surface area contributed by atoms with Gasteiger partial charge in [0.25, 0.3) is 0 Å². The molecule has 0 radical (unpaired) electrons. The number of nitrogens with zero attached hydrogens (tertiary/aromatic N) is 1. The van der Waals surface area contributed by atoms with Crippen LogP contribution in [-0.2, 0) is 4.74 Å². The average molecular weight is 242 g/mol. The molecule has 0 aromatic carbocycles. The van der Waals surface area contributed by atoms with Gasteiger partial charge in [-0.3, -0.25) is 0 Å². The van der Waals surface area contributed by atoms with Crippen molar-refractivity contribution in [3.05, 3.63) is 0 Å². The molecule has 4 heteroatoms. The monoisotopic (exact) mass is 242 g/mol. The standard InChI is InChI=1S/C13H26N2O2/c1-12(2,3)17-11(16)14-10-13(4)6-8-15(5)9-7-13/h6-10H2,1-5H3,(H,14,16). The van der Waals surface area contributed by atoms with Crippen LogP contribution >= 0.6 is 0 Å². The van der Waals surface area contributed by atoms with Crippen molar-refractivity contribution >= 4 is 6.09 Å². The van der Waals surface area contributed by atoms with Crippen molar-refractivity contribution in [2.45, 2.75) is 46.1 Å². The molecule has 1 fully saturated rings. The van der Waals surface area contributed by atoms with Gasteiger partial charge >= 0.3 is 6.09 Å². The molecule has 0 spiro atoms. The van der Waals surface area contributed by atoms with E-state index < -0.39 is 5.60 Å². The fourth-order valence-corrected chi connectivity index (χ4v) is 1.93. The smallest absolute Gasteiger partial charge is 0.407 e. The molecule has 0 bridgehead atoms. The second kappa shape index (κ2) is 5.25. The summed E-state index contributed by atoms with van der Waals surface area (Å²) in [4.78, 5) is 13.9. The van der Waals surface area contributed by atoms with Crippen LogP contribution in [-0.4, -0.2) is 43.3 Å². The van der Waals surface area contributed by atoms with Gasteiger partial charge < -0.3 is 15.0 Å². The van der Waals surface area contributed by atoms with Crippen molar-refractivity contribution in [1.29, 1.82) is 0 Å². The Bertz CT molecular complexity index is 263. The molecule has 1 saturated heterocycles. The first kappa shape index (κ1) is 14.3. The zero-order valence-electron chi connectivity index (χ0n) is 11.8. The number of rotatable bonds is 2. The number of hydrogen-bond acceptors (Lipinski definition) is 3. The third-order valence-corrected chi connectivity index (χ3v) is 3.25. The number of likely N-dealkylation sites (tertiary alicyclic amines) is 1. The van der Waals surface area contributed by atoms with Gasteiger partial charge in [0.2, 0.25) is 0 Å². The van der Waals surface area contributed by atoms with Crippen LogP contribution in [0.5, 0.6) is 0 Å². The third kappa shape index (κ3) is 5.39. The van der Waals surface area contributed by atoms with E-state index >= 15 is 0 Å². The quantitative estimate of drug-likeness (QED) is 0.807. The van der Waals surface area contributed by atoms with E-state index in [1.807, 2.05) is 20.8 Å². The first-order valence-electron chi connectivity index (χ1n) is 6.36. The maximum Gasteiger partial charge on any atom is 0.407 e. The zero-order valence-corrected chi connectivity index (χ0v) is 11.8. The molecule has 1 heterocycles. The van der Waals surface area contributed by atoms with E-state index in [0.29, 0.717) is 6.54 Å². The van der Waals surface area contributed by atoms with Gasteiger partial charge in [-0.15, -0.1) is 0 Å². The van der Waals surface area contributed by atoms with Gasteiger partial charge in [0.15, 0.2) is 0 Å². The largest absolute Gasteiger partial charge is 0.444 e. The molecule has 1 N–H and O–H groups in total. The highest BCUT2D eigenvalue weighted by Crippen LogP contribution is 2.29. The van der Waals surface area contributed by atoms with Crippen molar-refractivity contribution in [3.8, 4) is 0 Å². The van der Waals surface area contributed by atoms with Crippen LogP contribution in [0.2, 0.25) is 0 Å². The summed E-state index contributed by atoms with van der Waals surface area (Å²) in [6.45, 7) is 10.8. The number of amides is 1. The second-order valence-corrected chi connectivity index (χ2v) is 6.47. The van der Waals surface area contributed by atoms with Gasteiger partial charge in [0.1, 0.15) is 5.60 Å². The molecule has 1 amide bonds. The van der Waals surface area contributed by atoms with Crippen molar-refractivity contribution in [3.63, 3.8) is 0 Å². The summed E-state index contributed by atoms with van der Waals surface area (Å²) < 4.78 is 5.23. The number of nitrogens with one attached hydrogen (secondary N) is 1. The van der Waals surface area contributed by atoms with Crippen LogP contribution < -0.4 is 5.32 Å². The van der Waals surface area contributed by atoms with Crippen LogP contribution in [0.25, 0.3) is 0 Å². The molecule has 1 rings (SSSR count). The van der Waals surface area contributed by atoms with E-state index in [9.17, 15) is 4.79 Å². The fraction of sp³-hybridized carbons (Fsp3) is 0.923. The Morgan fingerprint density at radius 2 is 1.88 bits per heavy atom. The molecule has 0 unspecified atom stereocenters. The normalized spacial score (nSPS) is 21.0. The molecule has 17 heavy (non-hydrogen) atoms. The Hall–Kier alpha value is -0.770. The van der Waals surface area contributed by atoms with Crippen molar-refractivity contribution in [2.24, 2.45) is 5.41 Å². The van der Waals surface area contributed by atoms with E-state index in [0.717, 1.165) is 25.9 Å². The predicted molar refractivity (Wildman–Crippen MR) is 69.1 cm³/mol. The summed E-state index contributed by atoms with van der Waals surface area (Å²) in [6, 6.07) is 0. The molecule has 0 atom stereocenters. The van der Waals surface area contributed by atoms with Crippen molar-refractivity contribution in [2.75, 3.05) is 26.7 Å². The lowest BCUT2D eigenvalue weighted by Crippen LogP contribution is -2.44. The van der Waals surface area contributed by atoms with E-state index in [4.69, 9.17) is 4.74 Å². The SMILES string of the molecule is CN1CCC(C)(CNC(=O)OC(C)(C)C)CC1. The van der Waals surface area contributed by atoms with E-state index in [1.54, 1.807) is 0 Å². The highest BCUT2D eigenvalue weighted by atomic mass is 16.6. The summed E-state index contributed by atoms with van der Waals surface area (Å²) >= 11 is 0. The molecular formula is C13H26N2O2. The minimum absolute atomic E-state index is 0.212. The zero-order chi connectivity index (χ0) is 13.1. The Morgan fingerprint density at radius 1 is 1.35 bits per heavy atom. The molecule has 0 saturated carbocycles. The molecular weight excluding hydrogens is 216 g/mol. The topological polar surface area (TPSA) is 41.6 Å². The van der Waals surface area contributed by atoms with Gasteiger partial charge in [-0.1, -0.05) is 6.92 Å². The lowest BCUT2D eigenvalue weighted by molar-refractivity contribution is 0.0476. The molecule has 0 aromatic heterocycles. The van der Waals surface area contributed by atoms with Crippen LogP contribution in [0.15, 0.2) is 0 Å². The number of hydrogen-bond donors (Lipinski definition) is 1. The summed E-state index contributed by atoms with van der Waals surface area (Å²) in [5.74, 6) is 0. The summed E-state index contributed by atoms with van der Waals surface area (Å²) in [5.41, 5.74) is -0.207. The summed E-state index contributed by atoms with van der Waals surface area (Å²) in [6.07, 6.45) is 1.94. The minimum atomic E-state index is -0.419. The number of carbonyl (C=O) groups excluding carboxylic acids is 1. The van der Waals surface area contributed by atoms with Gasteiger partial charge in [-0.25, -0.2) is 4.79 Å². The Labute approximate surface area is 105 Å². The second-order valence-electron chi connectivity index (χ2n) is 6.47. The number of piperidine rings is 1. The Morgan fingerprint density at radius 3 is 2.35 bits per heavy atom. The number of alkyl carbamates (subject to hydrolysis) is 1. The Balaban J connectivity index is 2.32. The third-order valence-electron chi connectivity index (χ3n) is 3.25. The first-order chi connectivity index (χ1) is 7.70. The number of carbonyl (C=O) groups is 1. The minimum Gasteiger partial charge on any atom is -0.444 e. The molecule has 1 aliphatic heterocycles. The van der Waals surface area contributed by atoms with Crippen LogP contribution in [0, 0.1) is 5.41 Å². The molecule has 0 aliphatic carbocycles. The predicted octanol–water partition coefficient (Wildman–Crippen LogP) is 2.24. The summed E-state index contributed by atoms with van der Waals surface area (Å²) in [5, 5.41) is 2.88. The van der Waals surface area contributed by atoms with E-state index in [1.165, 1.54) is 0 Å². The average Bonchev–Trinajstić information content (AvgIpc) is 2.18. The highest BCUT2D eigenvalue weighted by molar-refractivity contribution is 5.67. The molecule has 0 aromatic rings. The van der Waals surface area contributed by atoms with E-state index in [2.05, 4.69) is 24.2 Å². The van der Waals surface area contributed by atoms with Crippen LogP contribution in [0.1, 0.15) is 40.5 Å². The van der Waals surface area contributed by atoms with Gasteiger partial charge in [0.05, 0.1) is 0 Å². The molecule has 4 nitrogen and oxygen atoms in total. The van der Waals surface area contributed by atoms with Crippen molar-refractivity contribution in [1.82, 2.24) is 10.2 Å². The molecule has 1 aliphatic rings. The Kier molecular flexibility index (Phi) is 4.42. The number of ether oxygens (including phenoxy) is 1.